The minimum Gasteiger partial charge on any atom is -0.346 e. The second-order valence-corrected chi connectivity index (χ2v) is 6.91. The molecule has 0 amide bonds. The zero-order valence-corrected chi connectivity index (χ0v) is 10.7. The summed E-state index contributed by atoms with van der Waals surface area (Å²) in [5.74, 6) is 0.714. The molecule has 2 atom stereocenters. The van der Waals surface area contributed by atoms with Gasteiger partial charge in [0.2, 0.25) is 0 Å². The Hall–Kier alpha value is -0.0800. The van der Waals surface area contributed by atoms with E-state index in [2.05, 4.69) is 0 Å². The maximum Gasteiger partial charge on any atom is 0.162 e. The van der Waals surface area contributed by atoms with Crippen molar-refractivity contribution in [2.75, 3.05) is 0 Å². The number of rotatable bonds is 0. The van der Waals surface area contributed by atoms with Crippen LogP contribution in [-0.4, -0.2) is 17.5 Å². The zero-order valence-electron chi connectivity index (χ0n) is 10.7. The maximum atomic E-state index is 6.38. The molecule has 2 nitrogen and oxygen atoms in total. The van der Waals surface area contributed by atoms with Gasteiger partial charge in [0, 0.05) is 5.92 Å². The Bertz CT molecular complexity index is 282. The summed E-state index contributed by atoms with van der Waals surface area (Å²) in [7, 11) is 0. The van der Waals surface area contributed by atoms with Gasteiger partial charge in [0.15, 0.2) is 6.29 Å². The fourth-order valence-corrected chi connectivity index (χ4v) is 4.89. The molecule has 2 saturated heterocycles. The predicted molar refractivity (Wildman–Crippen MR) is 65.7 cm³/mol. The van der Waals surface area contributed by atoms with Crippen LogP contribution in [0.3, 0.4) is 0 Å². The molecular weight excluding hydrogens is 212 g/mol. The molecule has 2 heterocycles. The molecule has 96 valence electrons. The van der Waals surface area contributed by atoms with Crippen molar-refractivity contribution in [2.24, 2.45) is 5.92 Å². The first kappa shape index (κ1) is 10.8. The fourth-order valence-electron chi connectivity index (χ4n) is 4.89. The quantitative estimate of drug-likeness (QED) is 0.637. The summed E-state index contributed by atoms with van der Waals surface area (Å²) in [6, 6.07) is 0. The minimum absolute atomic E-state index is 0.159. The van der Waals surface area contributed by atoms with Crippen LogP contribution in [0, 0.1) is 5.92 Å². The molecule has 0 aromatic carbocycles. The lowest BCUT2D eigenvalue weighted by molar-refractivity contribution is -0.204. The lowest BCUT2D eigenvalue weighted by Crippen LogP contribution is -2.35. The molecule has 2 aliphatic carbocycles. The third-order valence-corrected chi connectivity index (χ3v) is 5.67. The third kappa shape index (κ3) is 1.67. The summed E-state index contributed by atoms with van der Waals surface area (Å²) in [4.78, 5) is 0. The highest BCUT2D eigenvalue weighted by atomic mass is 16.7. The first-order valence-electron chi connectivity index (χ1n) is 7.65. The smallest absolute Gasteiger partial charge is 0.162 e. The van der Waals surface area contributed by atoms with Crippen LogP contribution in [0.2, 0.25) is 0 Å². The van der Waals surface area contributed by atoms with E-state index in [1.54, 1.807) is 0 Å². The van der Waals surface area contributed by atoms with E-state index < -0.39 is 0 Å². The van der Waals surface area contributed by atoms with Crippen LogP contribution in [-0.2, 0) is 9.47 Å². The van der Waals surface area contributed by atoms with Gasteiger partial charge < -0.3 is 9.47 Å². The van der Waals surface area contributed by atoms with Crippen molar-refractivity contribution in [3.63, 3.8) is 0 Å². The first-order chi connectivity index (χ1) is 8.29. The van der Waals surface area contributed by atoms with E-state index in [-0.39, 0.29) is 17.5 Å². The van der Waals surface area contributed by atoms with Crippen molar-refractivity contribution in [3.05, 3.63) is 0 Å². The lowest BCUT2D eigenvalue weighted by atomic mass is 9.79. The molecule has 4 rings (SSSR count). The fraction of sp³-hybridized carbons (Fsp3) is 1.00. The van der Waals surface area contributed by atoms with Crippen LogP contribution >= 0.6 is 0 Å². The minimum atomic E-state index is 0.159. The van der Waals surface area contributed by atoms with E-state index in [1.165, 1.54) is 70.6 Å². The molecule has 2 saturated carbocycles. The Morgan fingerprint density at radius 3 is 1.59 bits per heavy atom. The largest absolute Gasteiger partial charge is 0.346 e. The zero-order chi connectivity index (χ0) is 11.3. The summed E-state index contributed by atoms with van der Waals surface area (Å²) >= 11 is 0. The van der Waals surface area contributed by atoms with Gasteiger partial charge in [0.25, 0.3) is 0 Å². The van der Waals surface area contributed by atoms with Crippen molar-refractivity contribution < 1.29 is 9.47 Å². The average molecular weight is 236 g/mol. The predicted octanol–water partition coefficient (Wildman–Crippen LogP) is 3.79. The highest BCUT2D eigenvalue weighted by Gasteiger charge is 2.56. The molecule has 0 aromatic heterocycles. The Balaban J connectivity index is 1.47. The second-order valence-electron chi connectivity index (χ2n) is 6.91. The second kappa shape index (κ2) is 3.71. The summed E-state index contributed by atoms with van der Waals surface area (Å²) < 4.78 is 12.7. The first-order valence-corrected chi connectivity index (χ1v) is 7.65. The van der Waals surface area contributed by atoms with Crippen LogP contribution in [0.1, 0.15) is 70.6 Å². The van der Waals surface area contributed by atoms with Gasteiger partial charge in [-0.2, -0.15) is 0 Å². The molecule has 0 bridgehead atoms. The van der Waals surface area contributed by atoms with E-state index in [4.69, 9.17) is 9.47 Å². The molecule has 0 N–H and O–H groups in total. The normalized spacial score (nSPS) is 42.4. The van der Waals surface area contributed by atoms with E-state index >= 15 is 0 Å². The van der Waals surface area contributed by atoms with Crippen molar-refractivity contribution in [1.82, 2.24) is 0 Å². The molecule has 2 heteroatoms. The summed E-state index contributed by atoms with van der Waals surface area (Å²) in [6.45, 7) is 0. The van der Waals surface area contributed by atoms with Crippen LogP contribution in [0.15, 0.2) is 0 Å². The summed E-state index contributed by atoms with van der Waals surface area (Å²) in [5, 5.41) is 0. The standard InChI is InChI=1S/C15H24O2/c1-2-6-14(7-3-1)10-12-11-15(8-4-5-9-15)17-13(12)16-14/h12-13H,1-11H2/t12-,13+/m1/s1. The number of ether oxygens (including phenoxy) is 2. The lowest BCUT2D eigenvalue weighted by Gasteiger charge is -2.35. The van der Waals surface area contributed by atoms with Crippen LogP contribution in [0.5, 0.6) is 0 Å². The van der Waals surface area contributed by atoms with Crippen LogP contribution in [0.25, 0.3) is 0 Å². The van der Waals surface area contributed by atoms with Crippen molar-refractivity contribution in [3.8, 4) is 0 Å². The number of fused-ring (bicyclic) bond motifs is 1. The molecule has 0 unspecified atom stereocenters. The highest BCUT2D eigenvalue weighted by molar-refractivity contribution is 5.02. The van der Waals surface area contributed by atoms with Crippen molar-refractivity contribution >= 4 is 0 Å². The van der Waals surface area contributed by atoms with Gasteiger partial charge in [0.05, 0.1) is 11.2 Å². The monoisotopic (exact) mass is 236 g/mol. The number of hydrogen-bond acceptors (Lipinski definition) is 2. The molecule has 2 spiro atoms. The Morgan fingerprint density at radius 1 is 0.647 bits per heavy atom. The van der Waals surface area contributed by atoms with Gasteiger partial charge in [-0.1, -0.05) is 32.1 Å². The van der Waals surface area contributed by atoms with Gasteiger partial charge >= 0.3 is 0 Å². The molecule has 17 heavy (non-hydrogen) atoms. The molecule has 4 aliphatic rings. The number of hydrogen-bond donors (Lipinski definition) is 0. The van der Waals surface area contributed by atoms with Gasteiger partial charge in [-0.15, -0.1) is 0 Å². The van der Waals surface area contributed by atoms with Crippen LogP contribution in [0.4, 0.5) is 0 Å². The highest BCUT2D eigenvalue weighted by Crippen LogP contribution is 2.55. The van der Waals surface area contributed by atoms with Gasteiger partial charge in [-0.25, -0.2) is 0 Å². The van der Waals surface area contributed by atoms with E-state index in [9.17, 15) is 0 Å². The maximum absolute atomic E-state index is 6.38. The molecule has 0 aromatic rings. The van der Waals surface area contributed by atoms with E-state index in [1.807, 2.05) is 0 Å². The Labute approximate surface area is 104 Å². The summed E-state index contributed by atoms with van der Waals surface area (Å²) in [5.41, 5.74) is 0.472. The SMILES string of the molecule is C1CCC2(CC1)C[C@@H]1CC3(CCCC3)O[C@@H]1O2. The third-order valence-electron chi connectivity index (χ3n) is 5.67. The van der Waals surface area contributed by atoms with Crippen molar-refractivity contribution in [1.29, 1.82) is 0 Å². The van der Waals surface area contributed by atoms with Gasteiger partial charge in [0.1, 0.15) is 0 Å². The molecule has 0 radical (unpaired) electrons. The van der Waals surface area contributed by atoms with Crippen molar-refractivity contribution in [2.45, 2.75) is 88.1 Å². The topological polar surface area (TPSA) is 18.5 Å². The Morgan fingerprint density at radius 2 is 1.12 bits per heavy atom. The molecular formula is C15H24O2. The van der Waals surface area contributed by atoms with Gasteiger partial charge in [-0.3, -0.25) is 0 Å². The summed E-state index contributed by atoms with van der Waals surface area (Å²) in [6.07, 6.45) is 14.8. The molecule has 4 fully saturated rings. The Kier molecular flexibility index (Phi) is 2.36. The average Bonchev–Trinajstić information content (AvgIpc) is 2.96. The van der Waals surface area contributed by atoms with Crippen LogP contribution < -0.4 is 0 Å². The van der Waals surface area contributed by atoms with Gasteiger partial charge in [-0.05, 0) is 38.5 Å². The van der Waals surface area contributed by atoms with E-state index in [0.717, 1.165) is 0 Å². The van der Waals surface area contributed by atoms with E-state index in [0.29, 0.717) is 5.92 Å². The molecule has 2 aliphatic heterocycles.